The van der Waals surface area contributed by atoms with Crippen LogP contribution in [0.1, 0.15) is 79.2 Å². The van der Waals surface area contributed by atoms with Gasteiger partial charge in [0.2, 0.25) is 0 Å². The Morgan fingerprint density at radius 3 is 2.00 bits per heavy atom. The minimum Gasteiger partial charge on any atom is -0.458 e. The van der Waals surface area contributed by atoms with E-state index < -0.39 is 29.3 Å². The first-order valence-electron chi connectivity index (χ1n) is 15.0. The highest BCUT2D eigenvalue weighted by Crippen LogP contribution is 2.56. The van der Waals surface area contributed by atoms with E-state index in [0.29, 0.717) is 56.1 Å². The van der Waals surface area contributed by atoms with Crippen LogP contribution in [-0.2, 0) is 19.1 Å². The molecular weight excluding hydrogens is 577 g/mol. The SMILES string of the molecule is CN1c2cc(Cl)cc(Cl)c2C(=C2CN(C(=O)OC(C)(C)C)N(C3C4CC5CC(C4)CC3C5)C2=O)C1C(=O)OC(C)(C)C. The van der Waals surface area contributed by atoms with E-state index in [1.54, 1.807) is 29.1 Å². The Morgan fingerprint density at radius 1 is 0.881 bits per heavy atom. The van der Waals surface area contributed by atoms with Gasteiger partial charge in [-0.25, -0.2) is 19.6 Å². The predicted molar refractivity (Wildman–Crippen MR) is 162 cm³/mol. The van der Waals surface area contributed by atoms with Crippen LogP contribution in [0.15, 0.2) is 17.7 Å². The number of hydrogen-bond acceptors (Lipinski definition) is 6. The average molecular weight is 619 g/mol. The van der Waals surface area contributed by atoms with Gasteiger partial charge in [-0.1, -0.05) is 23.2 Å². The van der Waals surface area contributed by atoms with E-state index in [4.69, 9.17) is 32.7 Å². The molecule has 4 aliphatic carbocycles. The van der Waals surface area contributed by atoms with Gasteiger partial charge in [0.05, 0.1) is 17.6 Å². The van der Waals surface area contributed by atoms with Crippen molar-refractivity contribution in [1.29, 1.82) is 0 Å². The van der Waals surface area contributed by atoms with Crippen molar-refractivity contribution in [1.82, 2.24) is 10.0 Å². The normalized spacial score (nSPS) is 32.1. The highest BCUT2D eigenvalue weighted by molar-refractivity contribution is 6.37. The topological polar surface area (TPSA) is 79.4 Å². The van der Waals surface area contributed by atoms with Crippen molar-refractivity contribution in [3.05, 3.63) is 33.3 Å². The molecule has 42 heavy (non-hydrogen) atoms. The van der Waals surface area contributed by atoms with Gasteiger partial charge >= 0.3 is 12.1 Å². The molecule has 0 spiro atoms. The summed E-state index contributed by atoms with van der Waals surface area (Å²) in [5.41, 5.74) is 0.534. The Kier molecular flexibility index (Phi) is 7.08. The summed E-state index contributed by atoms with van der Waals surface area (Å²) < 4.78 is 11.7. The van der Waals surface area contributed by atoms with Crippen molar-refractivity contribution in [2.45, 2.75) is 96.9 Å². The summed E-state index contributed by atoms with van der Waals surface area (Å²) in [5, 5.41) is 3.93. The number of likely N-dealkylation sites (N-methyl/N-ethyl adjacent to an activating group) is 1. The minimum atomic E-state index is -0.937. The molecule has 5 fully saturated rings. The van der Waals surface area contributed by atoms with Crippen LogP contribution >= 0.6 is 23.2 Å². The molecule has 7 rings (SSSR count). The lowest BCUT2D eigenvalue weighted by molar-refractivity contribution is -0.160. The summed E-state index contributed by atoms with van der Waals surface area (Å²) in [6.07, 6.45) is 5.01. The number of hydrogen-bond donors (Lipinski definition) is 0. The Bertz CT molecular complexity index is 1350. The number of hydrazine groups is 1. The number of ether oxygens (including phenoxy) is 2. The zero-order chi connectivity index (χ0) is 30.5. The van der Waals surface area contributed by atoms with Gasteiger partial charge in [0.15, 0.2) is 6.04 Å². The van der Waals surface area contributed by atoms with E-state index in [0.717, 1.165) is 25.7 Å². The second kappa shape index (κ2) is 10.0. The lowest BCUT2D eigenvalue weighted by Crippen LogP contribution is -2.61. The van der Waals surface area contributed by atoms with Crippen LogP contribution in [0.4, 0.5) is 10.5 Å². The van der Waals surface area contributed by atoms with E-state index in [1.807, 2.05) is 41.5 Å². The first-order chi connectivity index (χ1) is 19.5. The molecule has 6 aliphatic rings. The lowest BCUT2D eigenvalue weighted by atomic mass is 9.54. The maximum Gasteiger partial charge on any atom is 0.429 e. The largest absolute Gasteiger partial charge is 0.458 e. The van der Waals surface area contributed by atoms with Gasteiger partial charge in [0.1, 0.15) is 11.2 Å². The van der Waals surface area contributed by atoms with Gasteiger partial charge < -0.3 is 14.4 Å². The number of fused-ring (bicyclic) bond motifs is 1. The number of benzene rings is 1. The molecule has 0 radical (unpaired) electrons. The fourth-order valence-corrected chi connectivity index (χ4v) is 8.91. The third-order valence-corrected chi connectivity index (χ3v) is 9.91. The maximum absolute atomic E-state index is 14.7. The van der Waals surface area contributed by atoms with Gasteiger partial charge in [0, 0.05) is 34.5 Å². The molecule has 1 saturated heterocycles. The van der Waals surface area contributed by atoms with Crippen molar-refractivity contribution in [3.8, 4) is 0 Å². The van der Waals surface area contributed by atoms with Crippen LogP contribution in [0.3, 0.4) is 0 Å². The molecule has 2 heterocycles. The molecule has 0 N–H and O–H groups in total. The maximum atomic E-state index is 14.7. The molecule has 10 heteroatoms. The number of nitrogens with zero attached hydrogens (tertiary/aromatic N) is 3. The van der Waals surface area contributed by atoms with E-state index in [9.17, 15) is 14.4 Å². The summed E-state index contributed by atoms with van der Waals surface area (Å²) in [4.78, 5) is 44.1. The van der Waals surface area contributed by atoms with Crippen molar-refractivity contribution < 1.29 is 23.9 Å². The molecule has 1 aromatic carbocycles. The predicted octanol–water partition coefficient (Wildman–Crippen LogP) is 6.73. The first-order valence-corrected chi connectivity index (χ1v) is 15.8. The zero-order valence-electron chi connectivity index (χ0n) is 25.5. The monoisotopic (exact) mass is 617 g/mol. The van der Waals surface area contributed by atoms with Gasteiger partial charge in [-0.05, 0) is 109 Å². The van der Waals surface area contributed by atoms with E-state index >= 15 is 0 Å². The van der Waals surface area contributed by atoms with Gasteiger partial charge in [0.25, 0.3) is 5.91 Å². The molecule has 2 amide bonds. The highest BCUT2D eigenvalue weighted by Gasteiger charge is 2.57. The molecular formula is C32H41Cl2N3O5. The third kappa shape index (κ3) is 5.06. The number of amides is 2. The van der Waals surface area contributed by atoms with Crippen LogP contribution in [0.2, 0.25) is 10.0 Å². The Hall–Kier alpha value is -2.45. The van der Waals surface area contributed by atoms with Crippen LogP contribution < -0.4 is 4.90 Å². The molecule has 1 atom stereocenters. The Morgan fingerprint density at radius 2 is 1.45 bits per heavy atom. The number of rotatable bonds is 2. The second-order valence-corrected chi connectivity index (χ2v) is 15.7. The van der Waals surface area contributed by atoms with Crippen LogP contribution in [-0.4, -0.2) is 64.9 Å². The smallest absolute Gasteiger partial charge is 0.429 e. The zero-order valence-corrected chi connectivity index (χ0v) is 27.0. The fraction of sp³-hybridized carbons (Fsp3) is 0.656. The first kappa shape index (κ1) is 29.6. The molecule has 1 unspecified atom stereocenters. The van der Waals surface area contributed by atoms with Crippen molar-refractivity contribution in [2.24, 2.45) is 23.7 Å². The van der Waals surface area contributed by atoms with Crippen molar-refractivity contribution in [2.75, 3.05) is 18.5 Å². The van der Waals surface area contributed by atoms with Crippen LogP contribution in [0.5, 0.6) is 0 Å². The number of esters is 1. The van der Waals surface area contributed by atoms with E-state index in [1.165, 1.54) is 11.4 Å². The number of anilines is 1. The molecule has 8 nitrogen and oxygen atoms in total. The number of carbonyl (C=O) groups excluding carboxylic acids is 3. The fourth-order valence-electron chi connectivity index (χ4n) is 8.32. The van der Waals surface area contributed by atoms with Gasteiger partial charge in [-0.2, -0.15) is 0 Å². The van der Waals surface area contributed by atoms with E-state index in [2.05, 4.69) is 0 Å². The number of carbonyl (C=O) groups is 3. The summed E-state index contributed by atoms with van der Waals surface area (Å²) in [5.74, 6) is 1.30. The minimum absolute atomic E-state index is 0.0165. The Labute approximate surface area is 258 Å². The molecule has 4 bridgehead atoms. The Balaban J connectivity index is 1.50. The van der Waals surface area contributed by atoms with Crippen molar-refractivity contribution in [3.63, 3.8) is 0 Å². The summed E-state index contributed by atoms with van der Waals surface area (Å²) in [6.45, 7) is 10.9. The van der Waals surface area contributed by atoms with Crippen LogP contribution in [0.25, 0.3) is 5.57 Å². The second-order valence-electron chi connectivity index (χ2n) is 14.8. The summed E-state index contributed by atoms with van der Waals surface area (Å²) in [7, 11) is 1.77. The standard InChI is InChI=1S/C32H41Cl2N3O5/c1-31(2,3)41-29(39)27-24(25-22(34)13-20(33)14-23(25)35(27)7)21-15-36(30(40)42-32(4,5)6)37(28(21)38)26-18-9-16-8-17(11-18)12-19(26)10-16/h13-14,16-19,26-27H,8-12,15H2,1-7H3. The third-order valence-electron chi connectivity index (χ3n) is 9.40. The van der Waals surface area contributed by atoms with Gasteiger partial charge in [-0.3, -0.25) is 4.79 Å². The molecule has 228 valence electrons. The lowest BCUT2D eigenvalue weighted by Gasteiger charge is -2.57. The van der Waals surface area contributed by atoms with Crippen LogP contribution in [0, 0.1) is 23.7 Å². The summed E-state index contributed by atoms with van der Waals surface area (Å²) in [6, 6.07) is 2.34. The number of halogens is 2. The molecule has 1 aromatic rings. The average Bonchev–Trinajstić information content (AvgIpc) is 3.31. The van der Waals surface area contributed by atoms with Crippen molar-refractivity contribution >= 4 is 52.4 Å². The molecule has 2 aliphatic heterocycles. The van der Waals surface area contributed by atoms with Gasteiger partial charge in [-0.15, -0.1) is 0 Å². The molecule has 0 aromatic heterocycles. The van der Waals surface area contributed by atoms with E-state index in [-0.39, 0.29) is 18.5 Å². The quantitative estimate of drug-likeness (QED) is 0.270. The highest BCUT2D eigenvalue weighted by atomic mass is 35.5. The summed E-state index contributed by atoms with van der Waals surface area (Å²) >= 11 is 13.2. The molecule has 4 saturated carbocycles.